The highest BCUT2D eigenvalue weighted by molar-refractivity contribution is 6.11. The fourth-order valence-electron chi connectivity index (χ4n) is 0.263. The van der Waals surface area contributed by atoms with E-state index in [9.17, 15) is 0 Å². The molecule has 0 aromatic rings. The minimum atomic E-state index is 0.176. The van der Waals surface area contributed by atoms with Gasteiger partial charge in [0, 0.05) is 7.11 Å². The zero-order valence-electron chi connectivity index (χ0n) is 4.27. The molecule has 0 aliphatic carbocycles. The van der Waals surface area contributed by atoms with Crippen LogP contribution in [0, 0.1) is 0 Å². The van der Waals surface area contributed by atoms with Gasteiger partial charge >= 0.3 is 0 Å². The van der Waals surface area contributed by atoms with Crippen molar-refractivity contribution in [1.29, 1.82) is 0 Å². The van der Waals surface area contributed by atoms with E-state index >= 15 is 0 Å². The molecular weight excluding hydrogens is 76.9 g/mol. The van der Waals surface area contributed by atoms with Gasteiger partial charge in [-0.15, -0.1) is 0 Å². The average Bonchev–Trinajstić information content (AvgIpc) is 1.35. The van der Waals surface area contributed by atoms with Crippen LogP contribution >= 0.6 is 0 Å². The summed E-state index contributed by atoms with van der Waals surface area (Å²) >= 11 is 0. The Kier molecular flexibility index (Phi) is 3.18. The van der Waals surface area contributed by atoms with E-state index in [1.165, 1.54) is 0 Å². The minimum Gasteiger partial charge on any atom is -0.384 e. The van der Waals surface area contributed by atoms with Crippen molar-refractivity contribution >= 4 is 7.85 Å². The first-order chi connectivity index (χ1) is 2.77. The van der Waals surface area contributed by atoms with E-state index < -0.39 is 0 Å². The zero-order valence-corrected chi connectivity index (χ0v) is 4.27. The van der Waals surface area contributed by atoms with E-state index in [1.807, 2.05) is 7.85 Å². The highest BCUT2D eigenvalue weighted by atomic mass is 16.5. The Balaban J connectivity index is 2.63. The van der Waals surface area contributed by atoms with Gasteiger partial charge in [0.2, 0.25) is 0 Å². The first-order valence-corrected chi connectivity index (χ1v) is 2.02. The molecule has 0 fully saturated rings. The van der Waals surface area contributed by atoms with Gasteiger partial charge in [-0.25, -0.2) is 0 Å². The van der Waals surface area contributed by atoms with Gasteiger partial charge < -0.3 is 10.5 Å². The maximum absolute atomic E-state index is 5.28. The number of nitrogens with two attached hydrogens (primary N) is 1. The summed E-state index contributed by atoms with van der Waals surface area (Å²) in [5.41, 5.74) is 5.28. The van der Waals surface area contributed by atoms with Crippen molar-refractivity contribution in [3.05, 3.63) is 0 Å². The topological polar surface area (TPSA) is 35.2 Å². The summed E-state index contributed by atoms with van der Waals surface area (Å²) in [4.78, 5) is 0. The standard InChI is InChI=1S/C3H10BNO/c1-6-2-3(4)5/h3H,2,4-5H2,1H3. The van der Waals surface area contributed by atoms with E-state index in [1.54, 1.807) is 7.11 Å². The first kappa shape index (κ1) is 5.98. The Morgan fingerprint density at radius 3 is 2.50 bits per heavy atom. The summed E-state index contributed by atoms with van der Waals surface area (Å²) in [6.45, 7) is 0.653. The normalized spacial score (nSPS) is 14.3. The Hall–Kier alpha value is -0.0151. The molecule has 0 aromatic heterocycles. The lowest BCUT2D eigenvalue weighted by molar-refractivity contribution is 0.199. The largest absolute Gasteiger partial charge is 0.384 e. The van der Waals surface area contributed by atoms with E-state index in [0.29, 0.717) is 6.61 Å². The third-order valence-corrected chi connectivity index (χ3v) is 0.430. The molecule has 0 aliphatic heterocycles. The number of ether oxygens (including phenoxy) is 1. The summed E-state index contributed by atoms with van der Waals surface area (Å²) in [5.74, 6) is 0.176. The molecule has 0 rings (SSSR count). The maximum atomic E-state index is 5.28. The van der Waals surface area contributed by atoms with Crippen molar-refractivity contribution in [3.8, 4) is 0 Å². The second kappa shape index (κ2) is 3.19. The van der Waals surface area contributed by atoms with Gasteiger partial charge in [0.15, 0.2) is 0 Å². The van der Waals surface area contributed by atoms with Crippen molar-refractivity contribution < 1.29 is 4.74 Å². The average molecular weight is 86.9 g/mol. The maximum Gasteiger partial charge on any atom is 0.126 e. The molecule has 0 spiro atoms. The molecule has 1 atom stereocenters. The molecule has 36 valence electrons. The molecule has 0 saturated heterocycles. The van der Waals surface area contributed by atoms with Crippen LogP contribution in [0.2, 0.25) is 0 Å². The molecule has 0 heterocycles. The van der Waals surface area contributed by atoms with Gasteiger partial charge in [0.05, 0.1) is 6.61 Å². The van der Waals surface area contributed by atoms with Gasteiger partial charge in [0.1, 0.15) is 7.85 Å². The lowest BCUT2D eigenvalue weighted by Gasteiger charge is -1.98. The predicted octanol–water partition coefficient (Wildman–Crippen LogP) is -1.45. The minimum absolute atomic E-state index is 0.176. The van der Waals surface area contributed by atoms with Crippen LogP contribution in [0.3, 0.4) is 0 Å². The molecular formula is C3H10BNO. The van der Waals surface area contributed by atoms with Crippen LogP contribution in [0.1, 0.15) is 0 Å². The Morgan fingerprint density at radius 2 is 2.50 bits per heavy atom. The monoisotopic (exact) mass is 87.1 g/mol. The van der Waals surface area contributed by atoms with Crippen LogP contribution in [0.25, 0.3) is 0 Å². The zero-order chi connectivity index (χ0) is 4.99. The molecule has 0 amide bonds. The van der Waals surface area contributed by atoms with Crippen LogP contribution in [0.15, 0.2) is 0 Å². The van der Waals surface area contributed by atoms with Crippen molar-refractivity contribution in [2.24, 2.45) is 5.73 Å². The molecule has 0 aromatic carbocycles. The SMILES string of the molecule is BC(N)COC. The van der Waals surface area contributed by atoms with Crippen molar-refractivity contribution in [3.63, 3.8) is 0 Å². The van der Waals surface area contributed by atoms with Crippen molar-refractivity contribution in [2.45, 2.75) is 5.94 Å². The second-order valence-corrected chi connectivity index (χ2v) is 1.43. The summed E-state index contributed by atoms with van der Waals surface area (Å²) in [5, 5.41) is 0. The van der Waals surface area contributed by atoms with Crippen LogP contribution in [0.5, 0.6) is 0 Å². The van der Waals surface area contributed by atoms with Crippen LogP contribution < -0.4 is 5.73 Å². The summed E-state index contributed by atoms with van der Waals surface area (Å²) in [6.07, 6.45) is 0. The van der Waals surface area contributed by atoms with Crippen LogP contribution in [-0.4, -0.2) is 27.5 Å². The molecule has 1 unspecified atom stereocenters. The van der Waals surface area contributed by atoms with Crippen molar-refractivity contribution in [2.75, 3.05) is 13.7 Å². The summed E-state index contributed by atoms with van der Waals surface area (Å²) in [6, 6.07) is 0. The van der Waals surface area contributed by atoms with Gasteiger partial charge in [-0.1, -0.05) is 0 Å². The molecule has 6 heavy (non-hydrogen) atoms. The first-order valence-electron chi connectivity index (χ1n) is 2.02. The van der Waals surface area contributed by atoms with E-state index in [2.05, 4.69) is 4.74 Å². The van der Waals surface area contributed by atoms with Crippen molar-refractivity contribution in [1.82, 2.24) is 0 Å². The van der Waals surface area contributed by atoms with Gasteiger partial charge in [-0.2, -0.15) is 0 Å². The summed E-state index contributed by atoms with van der Waals surface area (Å²) < 4.78 is 4.68. The Labute approximate surface area is 39.1 Å². The fraction of sp³-hybridized carbons (Fsp3) is 1.00. The number of methoxy groups -OCH3 is 1. The predicted molar refractivity (Wildman–Crippen MR) is 28.4 cm³/mol. The molecule has 3 heteroatoms. The molecule has 2 N–H and O–H groups in total. The van der Waals surface area contributed by atoms with Crippen LogP contribution in [0.4, 0.5) is 0 Å². The Bertz CT molecular complexity index is 32.0. The Morgan fingerprint density at radius 1 is 2.00 bits per heavy atom. The second-order valence-electron chi connectivity index (χ2n) is 1.43. The molecule has 0 radical (unpaired) electrons. The van der Waals surface area contributed by atoms with E-state index in [0.717, 1.165) is 0 Å². The smallest absolute Gasteiger partial charge is 0.126 e. The van der Waals surface area contributed by atoms with Crippen LogP contribution in [-0.2, 0) is 4.74 Å². The third kappa shape index (κ3) is 3.98. The lowest BCUT2D eigenvalue weighted by atomic mass is 9.99. The van der Waals surface area contributed by atoms with Gasteiger partial charge in [0.25, 0.3) is 0 Å². The molecule has 0 bridgehead atoms. The quantitative estimate of drug-likeness (QED) is 0.418. The fourth-order valence-corrected chi connectivity index (χ4v) is 0.263. The number of hydrogen-bond donors (Lipinski definition) is 1. The van der Waals surface area contributed by atoms with E-state index in [-0.39, 0.29) is 5.94 Å². The number of hydrogen-bond acceptors (Lipinski definition) is 2. The molecule has 2 nitrogen and oxygen atoms in total. The van der Waals surface area contributed by atoms with E-state index in [4.69, 9.17) is 5.73 Å². The third-order valence-electron chi connectivity index (χ3n) is 0.430. The summed E-state index contributed by atoms with van der Waals surface area (Å²) in [7, 11) is 3.55. The molecule has 0 saturated carbocycles. The molecule has 0 aliphatic rings. The highest BCUT2D eigenvalue weighted by Gasteiger charge is 1.86. The lowest BCUT2D eigenvalue weighted by Crippen LogP contribution is -2.24. The van der Waals surface area contributed by atoms with Gasteiger partial charge in [-0.3, -0.25) is 0 Å². The highest BCUT2D eigenvalue weighted by Crippen LogP contribution is 1.65. The van der Waals surface area contributed by atoms with Gasteiger partial charge in [-0.05, 0) is 5.94 Å². The number of rotatable bonds is 2.